The average Bonchev–Trinajstić information content (AvgIpc) is 2.57. The number of nitrogens with one attached hydrogen (secondary N) is 1. The number of carbonyl (C=O) groups is 1. The Bertz CT molecular complexity index is 693. The van der Waals surface area contributed by atoms with Crippen LogP contribution >= 0.6 is 46.6 Å². The monoisotopic (exact) mass is 418 g/mol. The number of alkyl halides is 3. The molecule has 2 aromatic carbocycles. The molecule has 0 aliphatic carbocycles. The van der Waals surface area contributed by atoms with Gasteiger partial charge in [-0.3, -0.25) is 0 Å². The summed E-state index contributed by atoms with van der Waals surface area (Å²) in [6.07, 6.45) is 1.77. The molecule has 2 rings (SSSR count). The quantitative estimate of drug-likeness (QED) is 0.477. The second-order valence-electron chi connectivity index (χ2n) is 5.11. The van der Waals surface area contributed by atoms with Gasteiger partial charge in [0.05, 0.1) is 0 Å². The number of anilines is 1. The minimum atomic E-state index is -1.58. The molecule has 0 saturated heterocycles. The molecular weight excluding hydrogens is 403 g/mol. The van der Waals surface area contributed by atoms with Gasteiger partial charge in [0, 0.05) is 12.7 Å². The zero-order valence-electron chi connectivity index (χ0n) is 13.6. The van der Waals surface area contributed by atoms with Gasteiger partial charge >= 0.3 is 6.03 Å². The Morgan fingerprint density at radius 1 is 1.08 bits per heavy atom. The highest BCUT2D eigenvalue weighted by molar-refractivity contribution is 7.99. The number of amides is 2. The number of hydrogen-bond donors (Lipinski definition) is 1. The predicted octanol–water partition coefficient (Wildman–Crippen LogP) is 6.00. The molecule has 0 aliphatic heterocycles. The highest BCUT2D eigenvalue weighted by atomic mass is 35.6. The van der Waals surface area contributed by atoms with Crippen LogP contribution in [0.5, 0.6) is 11.5 Å². The number of halogens is 3. The zero-order chi connectivity index (χ0) is 18.4. The first-order valence-corrected chi connectivity index (χ1v) is 9.69. The molecule has 1 atom stereocenters. The fraction of sp³-hybridized carbons (Fsp3) is 0.235. The molecular formula is C17H17Cl3N2O2S. The van der Waals surface area contributed by atoms with Crippen LogP contribution in [0.4, 0.5) is 10.5 Å². The molecule has 0 saturated carbocycles. The normalized spacial score (nSPS) is 12.4. The highest BCUT2D eigenvalue weighted by Gasteiger charge is 2.37. The molecule has 0 heterocycles. The number of rotatable bonds is 5. The van der Waals surface area contributed by atoms with Crippen molar-refractivity contribution in [3.8, 4) is 11.5 Å². The predicted molar refractivity (Wildman–Crippen MR) is 107 cm³/mol. The second kappa shape index (κ2) is 8.90. The van der Waals surface area contributed by atoms with Crippen molar-refractivity contribution in [2.24, 2.45) is 0 Å². The Morgan fingerprint density at radius 3 is 2.16 bits per heavy atom. The lowest BCUT2D eigenvalue weighted by molar-refractivity contribution is 0.219. The summed E-state index contributed by atoms with van der Waals surface area (Å²) < 4.78 is 4.12. The van der Waals surface area contributed by atoms with Gasteiger partial charge in [-0.15, -0.1) is 11.8 Å². The third-order valence-electron chi connectivity index (χ3n) is 3.26. The second-order valence-corrected chi connectivity index (χ2v) is 8.40. The standard InChI is InChI=1S/C17H17Cl3N2O2S/c1-22(15(25-2)17(18,19)20)16(23)21-12-8-10-14(11-9-12)24-13-6-4-3-5-7-13/h3-11,15H,1-2H3,(H,21,23). The van der Waals surface area contributed by atoms with Crippen molar-refractivity contribution in [3.05, 3.63) is 54.6 Å². The van der Waals surface area contributed by atoms with E-state index in [-0.39, 0.29) is 6.03 Å². The van der Waals surface area contributed by atoms with E-state index in [1.807, 2.05) is 30.3 Å². The Hall–Kier alpha value is -1.27. The first kappa shape index (κ1) is 20.0. The van der Waals surface area contributed by atoms with Crippen molar-refractivity contribution in [2.75, 3.05) is 18.6 Å². The first-order valence-electron chi connectivity index (χ1n) is 7.27. The number of carbonyl (C=O) groups excluding carboxylic acids is 1. The molecule has 0 fully saturated rings. The lowest BCUT2D eigenvalue weighted by Gasteiger charge is -2.31. The number of ether oxygens (including phenoxy) is 1. The maximum Gasteiger partial charge on any atom is 0.322 e. The Morgan fingerprint density at radius 2 is 1.64 bits per heavy atom. The van der Waals surface area contributed by atoms with Gasteiger partial charge in [-0.25, -0.2) is 4.79 Å². The summed E-state index contributed by atoms with van der Waals surface area (Å²) in [7, 11) is 1.57. The molecule has 2 aromatic rings. The molecule has 134 valence electrons. The summed E-state index contributed by atoms with van der Waals surface area (Å²) in [5.41, 5.74) is 0.612. The maximum atomic E-state index is 12.3. The van der Waals surface area contributed by atoms with Crippen molar-refractivity contribution in [2.45, 2.75) is 9.17 Å². The van der Waals surface area contributed by atoms with Gasteiger partial charge in [-0.05, 0) is 42.7 Å². The van der Waals surface area contributed by atoms with Crippen LogP contribution < -0.4 is 10.1 Å². The minimum Gasteiger partial charge on any atom is -0.457 e. The van der Waals surface area contributed by atoms with Crippen molar-refractivity contribution >= 4 is 58.3 Å². The van der Waals surface area contributed by atoms with E-state index < -0.39 is 9.17 Å². The van der Waals surface area contributed by atoms with Crippen LogP contribution in [-0.2, 0) is 0 Å². The van der Waals surface area contributed by atoms with Crippen LogP contribution in [0.15, 0.2) is 54.6 Å². The molecule has 8 heteroatoms. The number of hydrogen-bond acceptors (Lipinski definition) is 3. The number of thioether (sulfide) groups is 1. The number of benzene rings is 2. The van der Waals surface area contributed by atoms with E-state index in [9.17, 15) is 4.79 Å². The summed E-state index contributed by atoms with van der Waals surface area (Å²) >= 11 is 19.0. The molecule has 0 bridgehead atoms. The van der Waals surface area contributed by atoms with Crippen LogP contribution in [0, 0.1) is 0 Å². The van der Waals surface area contributed by atoms with Gasteiger partial charge in [0.25, 0.3) is 0 Å². The summed E-state index contributed by atoms with van der Waals surface area (Å²) in [6.45, 7) is 0. The SMILES string of the molecule is CSC(N(C)C(=O)Nc1ccc(Oc2ccccc2)cc1)C(Cl)(Cl)Cl. The fourth-order valence-corrected chi connectivity index (χ4v) is 3.98. The molecule has 25 heavy (non-hydrogen) atoms. The molecule has 1 N–H and O–H groups in total. The zero-order valence-corrected chi connectivity index (χ0v) is 16.7. The van der Waals surface area contributed by atoms with E-state index in [0.717, 1.165) is 5.75 Å². The lowest BCUT2D eigenvalue weighted by Crippen LogP contribution is -2.44. The molecule has 0 aliphatic rings. The van der Waals surface area contributed by atoms with E-state index in [2.05, 4.69) is 5.32 Å². The number of para-hydroxylation sites is 1. The van der Waals surface area contributed by atoms with E-state index in [0.29, 0.717) is 11.4 Å². The van der Waals surface area contributed by atoms with Crippen LogP contribution in [-0.4, -0.2) is 33.4 Å². The largest absolute Gasteiger partial charge is 0.457 e. The molecule has 0 spiro atoms. The molecule has 0 radical (unpaired) electrons. The van der Waals surface area contributed by atoms with E-state index >= 15 is 0 Å². The van der Waals surface area contributed by atoms with Crippen LogP contribution in [0.2, 0.25) is 0 Å². The van der Waals surface area contributed by atoms with Crippen molar-refractivity contribution in [3.63, 3.8) is 0 Å². The number of urea groups is 1. The minimum absolute atomic E-state index is 0.373. The average molecular weight is 420 g/mol. The van der Waals surface area contributed by atoms with Crippen LogP contribution in [0.25, 0.3) is 0 Å². The Balaban J connectivity index is 1.99. The van der Waals surface area contributed by atoms with E-state index in [4.69, 9.17) is 39.5 Å². The Kier molecular flexibility index (Phi) is 7.14. The number of nitrogens with zero attached hydrogens (tertiary/aromatic N) is 1. The van der Waals surface area contributed by atoms with Gasteiger partial charge in [-0.1, -0.05) is 53.0 Å². The van der Waals surface area contributed by atoms with E-state index in [1.165, 1.54) is 16.7 Å². The fourth-order valence-electron chi connectivity index (χ4n) is 2.06. The van der Waals surface area contributed by atoms with Gasteiger partial charge in [-0.2, -0.15) is 0 Å². The van der Waals surface area contributed by atoms with Gasteiger partial charge in [0.2, 0.25) is 3.79 Å². The van der Waals surface area contributed by atoms with Crippen molar-refractivity contribution in [1.29, 1.82) is 0 Å². The molecule has 0 aromatic heterocycles. The van der Waals surface area contributed by atoms with Crippen molar-refractivity contribution < 1.29 is 9.53 Å². The van der Waals surface area contributed by atoms with Gasteiger partial charge in [0.15, 0.2) is 0 Å². The van der Waals surface area contributed by atoms with Gasteiger partial charge < -0.3 is 15.0 Å². The highest BCUT2D eigenvalue weighted by Crippen LogP contribution is 2.38. The molecule has 4 nitrogen and oxygen atoms in total. The van der Waals surface area contributed by atoms with Gasteiger partial charge in [0.1, 0.15) is 16.9 Å². The van der Waals surface area contributed by atoms with E-state index in [1.54, 1.807) is 37.6 Å². The topological polar surface area (TPSA) is 41.6 Å². The molecule has 1 unspecified atom stereocenters. The Labute approximate surface area is 166 Å². The lowest BCUT2D eigenvalue weighted by atomic mass is 10.3. The summed E-state index contributed by atoms with van der Waals surface area (Å²) in [5, 5.41) is 2.15. The van der Waals surface area contributed by atoms with Crippen LogP contribution in [0.1, 0.15) is 0 Å². The maximum absolute atomic E-state index is 12.3. The smallest absolute Gasteiger partial charge is 0.322 e. The summed E-state index contributed by atoms with van der Waals surface area (Å²) in [5.74, 6) is 1.41. The summed E-state index contributed by atoms with van der Waals surface area (Å²) in [4.78, 5) is 13.7. The first-order chi connectivity index (χ1) is 11.8. The molecule has 2 amide bonds. The summed E-state index contributed by atoms with van der Waals surface area (Å²) in [6, 6.07) is 16.1. The van der Waals surface area contributed by atoms with Crippen molar-refractivity contribution in [1.82, 2.24) is 4.90 Å². The van der Waals surface area contributed by atoms with Crippen LogP contribution in [0.3, 0.4) is 0 Å². The third kappa shape index (κ3) is 5.89. The third-order valence-corrected chi connectivity index (χ3v) is 5.38.